The van der Waals surface area contributed by atoms with Crippen molar-refractivity contribution < 1.29 is 134 Å². The molecule has 0 atom stereocenters. The van der Waals surface area contributed by atoms with Crippen LogP contribution in [0.4, 0.5) is 140 Å². The van der Waals surface area contributed by atoms with Crippen LogP contribution in [0, 0.1) is 85.8 Å². The van der Waals surface area contributed by atoms with E-state index in [9.17, 15) is 117 Å². The number of aromatic nitrogens is 12. The third-order valence-electron chi connectivity index (χ3n) is 20.8. The Balaban J connectivity index is 0.000000162. The normalized spacial score (nSPS) is 11.6. The molecule has 0 aliphatic heterocycles. The van der Waals surface area contributed by atoms with Crippen molar-refractivity contribution in [2.45, 2.75) is 97.9 Å². The predicted molar refractivity (Wildman–Crippen MR) is 492 cm³/mol. The van der Waals surface area contributed by atoms with Crippen LogP contribution in [0.15, 0.2) is 237 Å². The minimum atomic E-state index is -5.03. The molecule has 766 valence electrons. The van der Waals surface area contributed by atoms with E-state index in [1.54, 1.807) is 82.3 Å². The first-order valence-electron chi connectivity index (χ1n) is 43.2. The highest BCUT2D eigenvalue weighted by Gasteiger charge is 2.40. The molecule has 148 heavy (non-hydrogen) atoms. The van der Waals surface area contributed by atoms with Crippen LogP contribution in [0.1, 0.15) is 104 Å². The second-order valence-electron chi connectivity index (χ2n) is 32.6. The van der Waals surface area contributed by atoms with Crippen molar-refractivity contribution in [2.75, 3.05) is 16.4 Å². The molecule has 0 fully saturated rings. The number of hydrogen-bond acceptors (Lipinski definition) is 20. The summed E-state index contributed by atoms with van der Waals surface area (Å²) in [6, 6.07) is 42.6. The number of phenolic OH excluding ortho intramolecular Hbond substituents is 1. The van der Waals surface area contributed by atoms with E-state index in [4.69, 9.17) is 19.9 Å². The Bertz CT molecular complexity index is 7650. The lowest BCUT2D eigenvalue weighted by molar-refractivity contribution is -0.384. The lowest BCUT2D eigenvalue weighted by atomic mass is 10.1. The van der Waals surface area contributed by atoms with Gasteiger partial charge in [0.15, 0.2) is 86.9 Å². The molecule has 0 aliphatic rings. The summed E-state index contributed by atoms with van der Waals surface area (Å²) in [6.45, 7) is 10.9. The van der Waals surface area contributed by atoms with E-state index in [2.05, 4.69) is 60.5 Å². The molecule has 6 aromatic heterocycles. The number of fused-ring (bicyclic) bond motifs is 2. The molecule has 0 radical (unpaired) electrons. The number of halogens is 24. The van der Waals surface area contributed by atoms with Crippen molar-refractivity contribution in [3.05, 3.63) is 368 Å². The zero-order valence-corrected chi connectivity index (χ0v) is 76.8. The number of anilines is 5. The number of carbonyl (C=O) groups is 1. The molecular formula is C101H72F24N16O7. The lowest BCUT2D eigenvalue weighted by Crippen LogP contribution is -2.10. The Labute approximate surface area is 820 Å². The predicted octanol–water partition coefficient (Wildman–Crippen LogP) is 27.5. The second-order valence-corrected chi connectivity index (χ2v) is 32.6. The van der Waals surface area contributed by atoms with Crippen LogP contribution in [-0.4, -0.2) is 75.3 Å². The van der Waals surface area contributed by atoms with Gasteiger partial charge in [-0.2, -0.15) is 52.7 Å². The number of benzene rings is 11. The lowest BCUT2D eigenvalue weighted by Gasteiger charge is -2.15. The fourth-order valence-corrected chi connectivity index (χ4v) is 13.7. The molecule has 0 unspecified atom stereocenters. The minimum Gasteiger partial charge on any atom is -0.508 e. The van der Waals surface area contributed by atoms with Crippen molar-refractivity contribution in [1.29, 1.82) is 0 Å². The SMILES string of the molecule is CC(C)C=O.CC(C)c1nc2cnc(-c3ccc(F)c(C(F)(F)F)c3)nc2n1-c1c(F)cc(O)cc1F.CC(C)c1nc2cnc(-c3ccc(F)c(C(F)(F)F)c3)nc2n1-c1c(F)cc(OCc2ccccc2)cc1F.Nc1cnc(-c2ccc(F)c(C(F)(F)F)c2)nc1Nc1c(F)cc(OCc2ccccc2)cc1F.O=[N+]([O-])c1cnc(-c2ccc(F)c(C(F)(F)F)c2)nc1Nc1c(F)cc(OCc2ccccc2)cc1F. The number of nitro groups is 1. The molecule has 0 amide bonds. The van der Waals surface area contributed by atoms with Crippen LogP contribution in [0.2, 0.25) is 0 Å². The van der Waals surface area contributed by atoms with E-state index in [0.29, 0.717) is 66.9 Å². The van der Waals surface area contributed by atoms with Crippen molar-refractivity contribution in [1.82, 2.24) is 59.0 Å². The number of rotatable bonds is 23. The molecule has 5 N–H and O–H groups in total. The Morgan fingerprint density at radius 2 is 0.649 bits per heavy atom. The van der Waals surface area contributed by atoms with Gasteiger partial charge in [0.1, 0.15) is 124 Å². The Morgan fingerprint density at radius 1 is 0.372 bits per heavy atom. The number of nitrogens with one attached hydrogen (secondary N) is 2. The second kappa shape index (κ2) is 45.3. The largest absolute Gasteiger partial charge is 0.508 e. The van der Waals surface area contributed by atoms with E-state index in [0.717, 1.165) is 94.4 Å². The molecule has 11 aromatic carbocycles. The van der Waals surface area contributed by atoms with Crippen molar-refractivity contribution in [2.24, 2.45) is 5.92 Å². The number of alkyl halides is 12. The number of hydrogen-bond donors (Lipinski definition) is 4. The standard InChI is InChI=1S/C28H20F6N4O.C24H14F6N4O3.C24H16F6N4O.C21H14F6N4O.C4H8O/c1-15(2)26-36-23-13-35-25(17-8-9-20(29)19(10-17)28(32,33)34)37-27(23)38(26)24-21(30)11-18(12-22(24)31)39-14-16-6-4-3-5-7-16;25-17-7-6-14(8-16(17)24(28,29)30)22-31-11-20(34(35)36)23(33-22)32-21-18(26)9-15(10-19(21)27)37-12-13-4-2-1-3-5-13;25-17-7-6-14(8-16(17)24(28,29)30)22-32-11-20(31)23(34-22)33-21-18(26)9-15(10-19(21)27)35-12-13-4-2-1-3-5-13;1-9(2)19-29-16-8-28-18(10-3-4-13(22)12(5-10)21(25,26)27)30-20(16)31(19)17-14(23)6-11(32)7-15(17)24;1-4(2)3-5/h3-13,15H,14H2,1-2H3;1-11H,12H2,(H,31,32,33);1-11H,12,31H2,(H,32,33,34);3-9,32H,1-2H3;3-4H,1-2H3. The quantitative estimate of drug-likeness (QED) is 0.0200. The molecule has 6 heterocycles. The van der Waals surface area contributed by atoms with Gasteiger partial charge in [-0.05, 0) is 89.5 Å². The van der Waals surface area contributed by atoms with E-state index >= 15 is 8.78 Å². The molecule has 23 nitrogen and oxygen atoms in total. The van der Waals surface area contributed by atoms with Gasteiger partial charge in [0.2, 0.25) is 5.82 Å². The van der Waals surface area contributed by atoms with E-state index < -0.39 is 168 Å². The third kappa shape index (κ3) is 26.1. The number of aldehydes is 1. The number of nitrogens with zero attached hydrogens (tertiary/aromatic N) is 13. The van der Waals surface area contributed by atoms with Crippen LogP contribution in [0.25, 0.3) is 79.3 Å². The van der Waals surface area contributed by atoms with Crippen molar-refractivity contribution in [3.63, 3.8) is 0 Å². The molecular weight excluding hydrogens is 2010 g/mol. The van der Waals surface area contributed by atoms with E-state index in [-0.39, 0.29) is 140 Å². The maximum atomic E-state index is 15.4. The fourth-order valence-electron chi connectivity index (χ4n) is 13.7. The Hall–Kier alpha value is -17.3. The highest BCUT2D eigenvalue weighted by Crippen LogP contribution is 2.43. The number of carbonyl (C=O) groups excluding carboxylic acids is 1. The fraction of sp³-hybridized carbons (Fsp3) is 0.158. The minimum absolute atomic E-state index is 0.0187. The molecule has 0 spiro atoms. The third-order valence-corrected chi connectivity index (χ3v) is 20.8. The summed E-state index contributed by atoms with van der Waals surface area (Å²) in [6.07, 6.45) is -14.8. The Kier molecular flexibility index (Phi) is 33.0. The first kappa shape index (κ1) is 108. The van der Waals surface area contributed by atoms with Gasteiger partial charge in [-0.25, -0.2) is 103 Å². The number of phenols is 1. The van der Waals surface area contributed by atoms with Crippen LogP contribution >= 0.6 is 0 Å². The number of nitrogen functional groups attached to an aromatic ring is 1. The first-order valence-corrected chi connectivity index (χ1v) is 43.2. The van der Waals surface area contributed by atoms with Gasteiger partial charge in [0.05, 0.1) is 51.5 Å². The maximum absolute atomic E-state index is 15.4. The van der Waals surface area contributed by atoms with Gasteiger partial charge in [-0.15, -0.1) is 0 Å². The smallest absolute Gasteiger partial charge is 0.419 e. The van der Waals surface area contributed by atoms with Crippen LogP contribution in [0.3, 0.4) is 0 Å². The summed E-state index contributed by atoms with van der Waals surface area (Å²) >= 11 is 0. The maximum Gasteiger partial charge on any atom is 0.419 e. The average molecular weight is 2080 g/mol. The van der Waals surface area contributed by atoms with E-state index in [1.807, 2.05) is 50.2 Å². The Morgan fingerprint density at radius 3 is 0.946 bits per heavy atom. The molecule has 17 aromatic rings. The summed E-state index contributed by atoms with van der Waals surface area (Å²) in [5.74, 6) is -17.4. The summed E-state index contributed by atoms with van der Waals surface area (Å²) in [5, 5.41) is 25.4. The van der Waals surface area contributed by atoms with Gasteiger partial charge in [-0.3, -0.25) is 19.2 Å². The first-order chi connectivity index (χ1) is 69.9. The summed E-state index contributed by atoms with van der Waals surface area (Å²) in [4.78, 5) is 60.4. The number of ether oxygens (including phenoxy) is 3. The molecule has 0 saturated carbocycles. The van der Waals surface area contributed by atoms with Crippen molar-refractivity contribution >= 4 is 63.0 Å². The monoisotopic (exact) mass is 2080 g/mol. The topological polar surface area (TPSA) is 297 Å². The zero-order valence-electron chi connectivity index (χ0n) is 76.8. The highest BCUT2D eigenvalue weighted by atomic mass is 19.4. The summed E-state index contributed by atoms with van der Waals surface area (Å²) in [7, 11) is 0. The molecule has 17 rings (SSSR count). The summed E-state index contributed by atoms with van der Waals surface area (Å²) in [5.41, 5.74) is -1.95. The van der Waals surface area contributed by atoms with Crippen LogP contribution in [0.5, 0.6) is 23.0 Å². The summed E-state index contributed by atoms with van der Waals surface area (Å²) < 4.78 is 350. The number of aromatic hydroxyl groups is 1. The number of nitrogens with two attached hydrogens (primary N) is 1. The number of imidazole rings is 2. The molecule has 47 heteroatoms. The molecule has 0 aliphatic carbocycles. The van der Waals surface area contributed by atoms with Crippen molar-refractivity contribution in [3.8, 4) is 79.9 Å². The van der Waals surface area contributed by atoms with E-state index in [1.165, 1.54) is 17.0 Å². The average Bonchev–Trinajstić information content (AvgIpc) is 1.58. The van der Waals surface area contributed by atoms with Gasteiger partial charge in [-0.1, -0.05) is 133 Å². The van der Waals surface area contributed by atoms with Gasteiger partial charge in [0, 0.05) is 88.5 Å². The highest BCUT2D eigenvalue weighted by molar-refractivity contribution is 5.79. The molecule has 0 bridgehead atoms. The van der Waals surface area contributed by atoms with Gasteiger partial charge < -0.3 is 40.5 Å². The van der Waals surface area contributed by atoms with Gasteiger partial charge >= 0.3 is 30.4 Å². The van der Waals surface area contributed by atoms with Gasteiger partial charge in [0.25, 0.3) is 0 Å². The van der Waals surface area contributed by atoms with Crippen LogP contribution in [-0.2, 0) is 49.3 Å². The van der Waals surface area contributed by atoms with Crippen LogP contribution < -0.4 is 30.6 Å². The zero-order chi connectivity index (χ0) is 107. The molecule has 0 saturated heterocycles.